The number of halogens is 3. The maximum atomic E-state index is 12.7. The van der Waals surface area contributed by atoms with Crippen molar-refractivity contribution in [1.29, 1.82) is 0 Å². The first-order valence-corrected chi connectivity index (χ1v) is 11.1. The summed E-state index contributed by atoms with van der Waals surface area (Å²) in [6, 6.07) is 8.31. The van der Waals surface area contributed by atoms with E-state index in [0.717, 1.165) is 48.4 Å². The molecular formula is C23H28F3N7O3. The maximum Gasteiger partial charge on any atom is 0.490 e. The second kappa shape index (κ2) is 11.2. The lowest BCUT2D eigenvalue weighted by molar-refractivity contribution is -0.192. The van der Waals surface area contributed by atoms with Gasteiger partial charge in [0.1, 0.15) is 5.69 Å². The van der Waals surface area contributed by atoms with Gasteiger partial charge in [-0.05, 0) is 63.7 Å². The highest BCUT2D eigenvalue weighted by Crippen LogP contribution is 2.24. The van der Waals surface area contributed by atoms with Crippen molar-refractivity contribution >= 4 is 23.3 Å². The number of aliphatic carboxylic acids is 1. The summed E-state index contributed by atoms with van der Waals surface area (Å²) in [4.78, 5) is 24.0. The van der Waals surface area contributed by atoms with Crippen LogP contribution in [0, 0.1) is 6.92 Å². The van der Waals surface area contributed by atoms with Gasteiger partial charge in [-0.3, -0.25) is 14.6 Å². The predicted molar refractivity (Wildman–Crippen MR) is 128 cm³/mol. The van der Waals surface area contributed by atoms with Gasteiger partial charge in [-0.2, -0.15) is 23.4 Å². The summed E-state index contributed by atoms with van der Waals surface area (Å²) in [6.07, 6.45) is 0.745. The Morgan fingerprint density at radius 3 is 2.42 bits per heavy atom. The van der Waals surface area contributed by atoms with Crippen LogP contribution in [0.25, 0.3) is 11.3 Å². The molecule has 0 unspecified atom stereocenters. The van der Waals surface area contributed by atoms with Crippen molar-refractivity contribution in [2.24, 2.45) is 7.05 Å². The van der Waals surface area contributed by atoms with E-state index in [1.165, 1.54) is 0 Å². The van der Waals surface area contributed by atoms with Crippen LogP contribution in [-0.4, -0.2) is 74.2 Å². The van der Waals surface area contributed by atoms with E-state index in [4.69, 9.17) is 9.90 Å². The number of carbonyl (C=O) groups excluding carboxylic acids is 1. The van der Waals surface area contributed by atoms with Crippen molar-refractivity contribution in [1.82, 2.24) is 24.9 Å². The summed E-state index contributed by atoms with van der Waals surface area (Å²) >= 11 is 0. The van der Waals surface area contributed by atoms with Gasteiger partial charge >= 0.3 is 12.1 Å². The molecule has 0 atom stereocenters. The molecule has 4 rings (SSSR count). The minimum absolute atomic E-state index is 0.216. The fourth-order valence-electron chi connectivity index (χ4n) is 3.56. The molecule has 0 saturated carbocycles. The molecule has 1 aliphatic heterocycles. The Hall–Kier alpha value is -3.87. The smallest absolute Gasteiger partial charge is 0.475 e. The zero-order chi connectivity index (χ0) is 26.5. The van der Waals surface area contributed by atoms with Gasteiger partial charge in [0.25, 0.3) is 5.91 Å². The largest absolute Gasteiger partial charge is 0.490 e. The van der Waals surface area contributed by atoms with Gasteiger partial charge < -0.3 is 20.6 Å². The van der Waals surface area contributed by atoms with Gasteiger partial charge in [0, 0.05) is 36.2 Å². The Balaban J connectivity index is 0.000000454. The van der Waals surface area contributed by atoms with Crippen molar-refractivity contribution in [3.05, 3.63) is 47.9 Å². The minimum Gasteiger partial charge on any atom is -0.475 e. The van der Waals surface area contributed by atoms with Crippen LogP contribution < -0.4 is 10.6 Å². The average molecular weight is 508 g/mol. The summed E-state index contributed by atoms with van der Waals surface area (Å²) in [5.41, 5.74) is 4.81. The molecule has 0 bridgehead atoms. The molecule has 1 saturated heterocycles. The van der Waals surface area contributed by atoms with Crippen molar-refractivity contribution < 1.29 is 27.9 Å². The second-order valence-electron chi connectivity index (χ2n) is 8.58. The number of likely N-dealkylation sites (tertiary alicyclic amines) is 1. The first-order chi connectivity index (χ1) is 16.9. The number of alkyl halides is 3. The van der Waals surface area contributed by atoms with E-state index >= 15 is 0 Å². The molecule has 1 fully saturated rings. The zero-order valence-corrected chi connectivity index (χ0v) is 20.1. The van der Waals surface area contributed by atoms with Crippen LogP contribution in [0.15, 0.2) is 36.7 Å². The van der Waals surface area contributed by atoms with Crippen LogP contribution in [0.3, 0.4) is 0 Å². The third-order valence-corrected chi connectivity index (χ3v) is 5.64. The number of rotatable bonds is 5. The van der Waals surface area contributed by atoms with Gasteiger partial charge in [0.05, 0.1) is 11.9 Å². The molecule has 1 aliphatic rings. The van der Waals surface area contributed by atoms with Crippen molar-refractivity contribution in [2.45, 2.75) is 32.0 Å². The van der Waals surface area contributed by atoms with Gasteiger partial charge in [-0.1, -0.05) is 6.07 Å². The lowest BCUT2D eigenvalue weighted by Crippen LogP contribution is -2.36. The van der Waals surface area contributed by atoms with E-state index in [1.807, 2.05) is 32.3 Å². The van der Waals surface area contributed by atoms with E-state index in [1.54, 1.807) is 16.9 Å². The number of aryl methyl sites for hydroxylation is 2. The van der Waals surface area contributed by atoms with Crippen LogP contribution >= 0.6 is 0 Å². The highest BCUT2D eigenvalue weighted by molar-refractivity contribution is 6.04. The number of hydrogen-bond acceptors (Lipinski definition) is 6. The SMILES string of the molecule is Cc1ccc(NC2CCN(C)CC2)cc1NC(=O)c1cc(-c2cnn(C)c2)n[nH]1.O=C(O)C(F)(F)F. The molecule has 1 amide bonds. The molecule has 13 heteroatoms. The van der Waals surface area contributed by atoms with Crippen LogP contribution in [-0.2, 0) is 11.8 Å². The summed E-state index contributed by atoms with van der Waals surface area (Å²) in [7, 11) is 4.00. The molecule has 2 aromatic heterocycles. The third kappa shape index (κ3) is 7.31. The number of carboxylic acids is 1. The molecule has 3 heterocycles. The van der Waals surface area contributed by atoms with E-state index in [2.05, 4.69) is 43.9 Å². The number of amides is 1. The summed E-state index contributed by atoms with van der Waals surface area (Å²) in [6.45, 7) is 4.20. The summed E-state index contributed by atoms with van der Waals surface area (Å²) in [5.74, 6) is -2.97. The number of carboxylic acid groups (broad SMARTS) is 1. The average Bonchev–Trinajstić information content (AvgIpc) is 3.47. The Bertz CT molecular complexity index is 1200. The molecular weight excluding hydrogens is 479 g/mol. The monoisotopic (exact) mass is 507 g/mol. The quantitative estimate of drug-likeness (QED) is 0.416. The van der Waals surface area contributed by atoms with Crippen molar-refractivity contribution in [3.8, 4) is 11.3 Å². The first-order valence-electron chi connectivity index (χ1n) is 11.1. The number of aromatic nitrogens is 4. The number of benzene rings is 1. The Kier molecular flexibility index (Phi) is 8.35. The molecule has 0 radical (unpaired) electrons. The number of carbonyl (C=O) groups is 2. The molecule has 36 heavy (non-hydrogen) atoms. The summed E-state index contributed by atoms with van der Waals surface area (Å²) in [5, 5.41) is 24.9. The molecule has 4 N–H and O–H groups in total. The number of piperidine rings is 1. The fraction of sp³-hybridized carbons (Fsp3) is 0.391. The molecule has 10 nitrogen and oxygen atoms in total. The Morgan fingerprint density at radius 1 is 1.17 bits per heavy atom. The number of nitrogens with one attached hydrogen (secondary N) is 3. The van der Waals surface area contributed by atoms with Crippen molar-refractivity contribution in [3.63, 3.8) is 0 Å². The Labute approximate surface area is 205 Å². The second-order valence-corrected chi connectivity index (χ2v) is 8.58. The van der Waals surface area contributed by atoms with Crippen LogP contribution in [0.2, 0.25) is 0 Å². The molecule has 0 spiro atoms. The highest BCUT2D eigenvalue weighted by atomic mass is 19.4. The van der Waals surface area contributed by atoms with Crippen molar-refractivity contribution in [2.75, 3.05) is 30.8 Å². The first kappa shape index (κ1) is 26.7. The molecule has 1 aromatic carbocycles. The lowest BCUT2D eigenvalue weighted by Gasteiger charge is -2.30. The minimum atomic E-state index is -5.08. The molecule has 0 aliphatic carbocycles. The van der Waals surface area contributed by atoms with Crippen LogP contribution in [0.4, 0.5) is 24.5 Å². The summed E-state index contributed by atoms with van der Waals surface area (Å²) < 4.78 is 33.4. The maximum absolute atomic E-state index is 12.7. The van der Waals surface area contributed by atoms with E-state index < -0.39 is 12.1 Å². The number of nitrogens with zero attached hydrogens (tertiary/aromatic N) is 4. The topological polar surface area (TPSA) is 128 Å². The molecule has 3 aromatic rings. The predicted octanol–water partition coefficient (Wildman–Crippen LogP) is 3.51. The normalized spacial score (nSPS) is 14.6. The van der Waals surface area contributed by atoms with Crippen LogP contribution in [0.1, 0.15) is 28.9 Å². The third-order valence-electron chi connectivity index (χ3n) is 5.64. The molecule has 194 valence electrons. The highest BCUT2D eigenvalue weighted by Gasteiger charge is 2.38. The van der Waals surface area contributed by atoms with E-state index in [0.29, 0.717) is 17.4 Å². The number of H-pyrrole nitrogens is 1. The van der Waals surface area contributed by atoms with Gasteiger partial charge in [0.15, 0.2) is 0 Å². The van der Waals surface area contributed by atoms with Gasteiger partial charge in [0.2, 0.25) is 0 Å². The number of aromatic amines is 1. The van der Waals surface area contributed by atoms with E-state index in [9.17, 15) is 18.0 Å². The fourth-order valence-corrected chi connectivity index (χ4v) is 3.56. The zero-order valence-electron chi connectivity index (χ0n) is 20.1. The van der Waals surface area contributed by atoms with Gasteiger partial charge in [-0.25, -0.2) is 4.79 Å². The standard InChI is InChI=1S/C21H27N7O.C2HF3O2/c1-14-4-5-17(23-16-6-8-27(2)9-7-16)10-18(14)24-21(29)20-11-19(25-26-20)15-12-22-28(3)13-15;3-2(4,5)1(6)7/h4-5,10-13,16,23H,6-9H2,1-3H3,(H,24,29)(H,25,26);(H,6,7). The van der Waals surface area contributed by atoms with Gasteiger partial charge in [-0.15, -0.1) is 0 Å². The number of hydrogen-bond donors (Lipinski definition) is 4. The van der Waals surface area contributed by atoms with Crippen LogP contribution in [0.5, 0.6) is 0 Å². The Morgan fingerprint density at radius 2 is 1.83 bits per heavy atom. The van der Waals surface area contributed by atoms with E-state index in [-0.39, 0.29) is 5.91 Å². The lowest BCUT2D eigenvalue weighted by atomic mass is 10.0. The number of anilines is 2.